The lowest BCUT2D eigenvalue weighted by molar-refractivity contribution is 0.480. The number of ether oxygens (including phenoxy) is 1. The molecule has 1 aromatic heterocycles. The number of hydrogen-bond donors (Lipinski definition) is 0. The molecule has 3 rings (SSSR count). The zero-order chi connectivity index (χ0) is 13.8. The average molecular weight is 265 g/mol. The number of benzene rings is 2. The monoisotopic (exact) mass is 265 g/mol. The molecular formula is C17H12FNO. The lowest BCUT2D eigenvalue weighted by Gasteiger charge is -2.06. The van der Waals surface area contributed by atoms with Crippen LogP contribution in [-0.2, 0) is 0 Å². The van der Waals surface area contributed by atoms with Gasteiger partial charge in [-0.3, -0.25) is 4.98 Å². The van der Waals surface area contributed by atoms with Gasteiger partial charge in [0.05, 0.1) is 0 Å². The van der Waals surface area contributed by atoms with E-state index in [9.17, 15) is 4.39 Å². The number of halogens is 1. The normalized spacial score (nSPS) is 10.2. The molecule has 0 radical (unpaired) electrons. The van der Waals surface area contributed by atoms with Crippen LogP contribution in [0.2, 0.25) is 0 Å². The molecule has 2 aromatic carbocycles. The van der Waals surface area contributed by atoms with Gasteiger partial charge in [0.25, 0.3) is 0 Å². The summed E-state index contributed by atoms with van der Waals surface area (Å²) in [5, 5.41) is 0. The van der Waals surface area contributed by atoms with Crippen molar-refractivity contribution in [3.05, 3.63) is 78.9 Å². The van der Waals surface area contributed by atoms with E-state index in [-0.39, 0.29) is 5.82 Å². The smallest absolute Gasteiger partial charge is 0.127 e. The van der Waals surface area contributed by atoms with E-state index in [0.717, 1.165) is 11.1 Å². The number of pyridine rings is 1. The minimum absolute atomic E-state index is 0.274. The zero-order valence-electron chi connectivity index (χ0n) is 10.7. The maximum absolute atomic E-state index is 12.8. The summed E-state index contributed by atoms with van der Waals surface area (Å²) >= 11 is 0. The van der Waals surface area contributed by atoms with Crippen LogP contribution in [0.3, 0.4) is 0 Å². The molecule has 0 N–H and O–H groups in total. The molecule has 3 heteroatoms. The van der Waals surface area contributed by atoms with E-state index < -0.39 is 0 Å². The predicted molar refractivity (Wildman–Crippen MR) is 76.1 cm³/mol. The van der Waals surface area contributed by atoms with E-state index in [1.54, 1.807) is 18.3 Å². The highest BCUT2D eigenvalue weighted by Gasteiger charge is 2.00. The van der Waals surface area contributed by atoms with Crippen LogP contribution >= 0.6 is 0 Å². The zero-order valence-corrected chi connectivity index (χ0v) is 10.7. The Hall–Kier alpha value is -2.68. The maximum Gasteiger partial charge on any atom is 0.127 e. The molecule has 0 aliphatic rings. The SMILES string of the molecule is Fc1ccc(Oc2ccc(-c3cccnc3)cc2)cc1. The molecule has 0 aliphatic carbocycles. The van der Waals surface area contributed by atoms with E-state index >= 15 is 0 Å². The third-order valence-electron chi connectivity index (χ3n) is 2.90. The highest BCUT2D eigenvalue weighted by molar-refractivity contribution is 5.63. The highest BCUT2D eigenvalue weighted by atomic mass is 19.1. The van der Waals surface area contributed by atoms with Gasteiger partial charge >= 0.3 is 0 Å². The van der Waals surface area contributed by atoms with Crippen molar-refractivity contribution >= 4 is 0 Å². The molecule has 98 valence electrons. The average Bonchev–Trinajstić information content (AvgIpc) is 2.51. The Morgan fingerprint density at radius 2 is 1.40 bits per heavy atom. The summed E-state index contributed by atoms with van der Waals surface area (Å²) in [5.41, 5.74) is 2.13. The topological polar surface area (TPSA) is 22.1 Å². The molecule has 0 fully saturated rings. The van der Waals surface area contributed by atoms with Crippen molar-refractivity contribution in [1.29, 1.82) is 0 Å². The quantitative estimate of drug-likeness (QED) is 0.686. The van der Waals surface area contributed by atoms with Gasteiger partial charge in [-0.1, -0.05) is 18.2 Å². The fourth-order valence-corrected chi connectivity index (χ4v) is 1.89. The van der Waals surface area contributed by atoms with Gasteiger partial charge in [0.1, 0.15) is 17.3 Å². The van der Waals surface area contributed by atoms with Crippen molar-refractivity contribution < 1.29 is 9.13 Å². The van der Waals surface area contributed by atoms with Crippen LogP contribution in [0, 0.1) is 5.82 Å². The van der Waals surface area contributed by atoms with Crippen LogP contribution < -0.4 is 4.74 Å². The Labute approximate surface area is 116 Å². The fourth-order valence-electron chi connectivity index (χ4n) is 1.89. The van der Waals surface area contributed by atoms with Gasteiger partial charge in [0.2, 0.25) is 0 Å². The molecule has 20 heavy (non-hydrogen) atoms. The summed E-state index contributed by atoms with van der Waals surface area (Å²) in [7, 11) is 0. The van der Waals surface area contributed by atoms with Crippen LogP contribution in [0.25, 0.3) is 11.1 Å². The van der Waals surface area contributed by atoms with Gasteiger partial charge < -0.3 is 4.74 Å². The third-order valence-corrected chi connectivity index (χ3v) is 2.90. The number of nitrogens with zero attached hydrogens (tertiary/aromatic N) is 1. The summed E-state index contributed by atoms with van der Waals surface area (Å²) in [5.74, 6) is 1.05. The molecule has 0 spiro atoms. The lowest BCUT2D eigenvalue weighted by atomic mass is 10.1. The van der Waals surface area contributed by atoms with Crippen molar-refractivity contribution in [2.45, 2.75) is 0 Å². The van der Waals surface area contributed by atoms with Gasteiger partial charge in [0, 0.05) is 12.4 Å². The first kappa shape index (κ1) is 12.4. The standard InChI is InChI=1S/C17H12FNO/c18-15-5-9-17(10-6-15)20-16-7-3-13(4-8-16)14-2-1-11-19-12-14/h1-12H. The van der Waals surface area contributed by atoms with E-state index in [1.165, 1.54) is 12.1 Å². The minimum Gasteiger partial charge on any atom is -0.457 e. The lowest BCUT2D eigenvalue weighted by Crippen LogP contribution is -1.85. The maximum atomic E-state index is 12.8. The van der Waals surface area contributed by atoms with E-state index in [1.807, 2.05) is 42.6 Å². The van der Waals surface area contributed by atoms with Crippen molar-refractivity contribution in [3.8, 4) is 22.6 Å². The first-order valence-corrected chi connectivity index (χ1v) is 6.25. The number of aromatic nitrogens is 1. The summed E-state index contributed by atoms with van der Waals surface area (Å²) in [6, 6.07) is 17.6. The number of rotatable bonds is 3. The second-order valence-electron chi connectivity index (χ2n) is 4.32. The van der Waals surface area contributed by atoms with Crippen LogP contribution in [-0.4, -0.2) is 4.98 Å². The van der Waals surface area contributed by atoms with Gasteiger partial charge in [0.15, 0.2) is 0 Å². The Bertz CT molecular complexity index is 678. The summed E-state index contributed by atoms with van der Waals surface area (Å²) in [6.45, 7) is 0. The molecule has 3 aromatic rings. The van der Waals surface area contributed by atoms with Crippen LogP contribution in [0.5, 0.6) is 11.5 Å². The highest BCUT2D eigenvalue weighted by Crippen LogP contribution is 2.25. The fraction of sp³-hybridized carbons (Fsp3) is 0. The van der Waals surface area contributed by atoms with Crippen LogP contribution in [0.1, 0.15) is 0 Å². The molecule has 0 bridgehead atoms. The first-order valence-electron chi connectivity index (χ1n) is 6.25. The molecule has 0 amide bonds. The van der Waals surface area contributed by atoms with E-state index in [2.05, 4.69) is 4.98 Å². The molecule has 1 heterocycles. The molecule has 0 atom stereocenters. The van der Waals surface area contributed by atoms with Gasteiger partial charge in [-0.05, 0) is 53.6 Å². The molecule has 0 saturated carbocycles. The van der Waals surface area contributed by atoms with Crippen molar-refractivity contribution in [2.75, 3.05) is 0 Å². The molecule has 0 saturated heterocycles. The minimum atomic E-state index is -0.274. The van der Waals surface area contributed by atoms with Gasteiger partial charge in [-0.15, -0.1) is 0 Å². The van der Waals surface area contributed by atoms with Crippen LogP contribution in [0.15, 0.2) is 73.1 Å². The molecular weight excluding hydrogens is 253 g/mol. The second-order valence-corrected chi connectivity index (χ2v) is 4.32. The Balaban J connectivity index is 1.78. The van der Waals surface area contributed by atoms with Crippen LogP contribution in [0.4, 0.5) is 4.39 Å². The van der Waals surface area contributed by atoms with Crippen molar-refractivity contribution in [3.63, 3.8) is 0 Å². The van der Waals surface area contributed by atoms with Gasteiger partial charge in [-0.25, -0.2) is 4.39 Å². The number of hydrogen-bond acceptors (Lipinski definition) is 2. The molecule has 0 unspecified atom stereocenters. The van der Waals surface area contributed by atoms with E-state index in [0.29, 0.717) is 11.5 Å². The Morgan fingerprint density at radius 3 is 2.00 bits per heavy atom. The largest absolute Gasteiger partial charge is 0.457 e. The van der Waals surface area contributed by atoms with Crippen molar-refractivity contribution in [1.82, 2.24) is 4.98 Å². The summed E-state index contributed by atoms with van der Waals surface area (Å²) in [6.07, 6.45) is 3.56. The Morgan fingerprint density at radius 1 is 0.750 bits per heavy atom. The molecule has 0 aliphatic heterocycles. The predicted octanol–water partition coefficient (Wildman–Crippen LogP) is 4.68. The first-order chi connectivity index (χ1) is 9.81. The summed E-state index contributed by atoms with van der Waals surface area (Å²) in [4.78, 5) is 4.09. The van der Waals surface area contributed by atoms with E-state index in [4.69, 9.17) is 4.74 Å². The molecule has 2 nitrogen and oxygen atoms in total. The van der Waals surface area contributed by atoms with Gasteiger partial charge in [-0.2, -0.15) is 0 Å². The summed E-state index contributed by atoms with van der Waals surface area (Å²) < 4.78 is 18.4. The third kappa shape index (κ3) is 2.83. The second kappa shape index (κ2) is 5.53. The van der Waals surface area contributed by atoms with Crippen molar-refractivity contribution in [2.24, 2.45) is 0 Å². The Kier molecular flexibility index (Phi) is 3.42.